The Morgan fingerprint density at radius 2 is 2.07 bits per heavy atom. The predicted octanol–water partition coefficient (Wildman–Crippen LogP) is 0.908. The molecule has 1 amide bonds. The van der Waals surface area contributed by atoms with E-state index in [1.54, 1.807) is 27.7 Å². The van der Waals surface area contributed by atoms with Crippen LogP contribution in [0, 0.1) is 0 Å². The van der Waals surface area contributed by atoms with Gasteiger partial charge in [-0.3, -0.25) is 0 Å². The first kappa shape index (κ1) is 14.2. The van der Waals surface area contributed by atoms with Gasteiger partial charge in [0.15, 0.2) is 0 Å². The minimum atomic E-state index is -0.482. The minimum Gasteiger partial charge on any atom is -0.444 e. The second-order valence-electron chi connectivity index (χ2n) is 4.35. The highest BCUT2D eigenvalue weighted by molar-refractivity contribution is 5.67. The Hall–Kier alpha value is -0.810. The summed E-state index contributed by atoms with van der Waals surface area (Å²) in [5.74, 6) is 0. The van der Waals surface area contributed by atoms with E-state index in [1.165, 1.54) is 0 Å². The maximum atomic E-state index is 11.1. The number of hydrogen-bond donors (Lipinski definition) is 2. The molecule has 0 aromatic rings. The Kier molecular flexibility index (Phi) is 6.27. The third-order valence-electron chi connectivity index (χ3n) is 1.27. The molecule has 5 nitrogen and oxygen atoms in total. The monoisotopic (exact) mass is 219 g/mol. The lowest BCUT2D eigenvalue weighted by molar-refractivity contribution is 0.0383. The number of nitrogens with one attached hydrogen (secondary N) is 1. The molecule has 15 heavy (non-hydrogen) atoms. The molecule has 0 fully saturated rings. The SMILES string of the molecule is C[C@H](O)COCCNC(=O)OC(C)(C)C. The summed E-state index contributed by atoms with van der Waals surface area (Å²) in [6, 6.07) is 0. The number of amides is 1. The number of hydrogen-bond acceptors (Lipinski definition) is 4. The number of aliphatic hydroxyl groups excluding tert-OH is 1. The quantitative estimate of drug-likeness (QED) is 0.674. The minimum absolute atomic E-state index is 0.274. The topological polar surface area (TPSA) is 67.8 Å². The van der Waals surface area contributed by atoms with Crippen molar-refractivity contribution >= 4 is 6.09 Å². The average Bonchev–Trinajstić information content (AvgIpc) is 1.99. The van der Waals surface area contributed by atoms with Crippen LogP contribution in [0.4, 0.5) is 4.79 Å². The fourth-order valence-corrected chi connectivity index (χ4v) is 0.793. The lowest BCUT2D eigenvalue weighted by Gasteiger charge is -2.19. The maximum absolute atomic E-state index is 11.1. The van der Waals surface area contributed by atoms with Crippen LogP contribution in [-0.4, -0.2) is 42.7 Å². The molecule has 0 saturated carbocycles. The second kappa shape index (κ2) is 6.63. The van der Waals surface area contributed by atoms with Gasteiger partial charge in [-0.05, 0) is 27.7 Å². The zero-order valence-corrected chi connectivity index (χ0v) is 9.87. The van der Waals surface area contributed by atoms with Crippen molar-refractivity contribution in [3.8, 4) is 0 Å². The molecule has 90 valence electrons. The lowest BCUT2D eigenvalue weighted by Crippen LogP contribution is -2.34. The summed E-state index contributed by atoms with van der Waals surface area (Å²) >= 11 is 0. The number of alkyl carbamates (subject to hydrolysis) is 1. The van der Waals surface area contributed by atoms with Gasteiger partial charge in [-0.25, -0.2) is 4.79 Å². The standard InChI is InChI=1S/C10H21NO4/c1-8(12)7-14-6-5-11-9(13)15-10(2,3)4/h8,12H,5-7H2,1-4H3,(H,11,13)/t8-/m0/s1. The number of aliphatic hydroxyl groups is 1. The van der Waals surface area contributed by atoms with E-state index < -0.39 is 17.8 Å². The molecule has 0 unspecified atom stereocenters. The molecule has 0 rings (SSSR count). The van der Waals surface area contributed by atoms with E-state index >= 15 is 0 Å². The van der Waals surface area contributed by atoms with E-state index in [4.69, 9.17) is 14.6 Å². The smallest absolute Gasteiger partial charge is 0.407 e. The molecule has 0 aromatic carbocycles. The normalized spacial score (nSPS) is 13.4. The van der Waals surface area contributed by atoms with Crippen LogP contribution in [0.5, 0.6) is 0 Å². The van der Waals surface area contributed by atoms with Crippen molar-refractivity contribution in [3.63, 3.8) is 0 Å². The molecular weight excluding hydrogens is 198 g/mol. The van der Waals surface area contributed by atoms with Crippen molar-refractivity contribution < 1.29 is 19.4 Å². The summed E-state index contributed by atoms with van der Waals surface area (Å²) < 4.78 is 10.1. The summed E-state index contributed by atoms with van der Waals surface area (Å²) in [6.45, 7) is 8.06. The Bertz CT molecular complexity index is 186. The Morgan fingerprint density at radius 1 is 1.47 bits per heavy atom. The molecule has 0 aliphatic carbocycles. The van der Waals surface area contributed by atoms with Crippen LogP contribution in [0.25, 0.3) is 0 Å². The fourth-order valence-electron chi connectivity index (χ4n) is 0.793. The molecule has 0 spiro atoms. The Balaban J connectivity index is 3.40. The molecule has 2 N–H and O–H groups in total. The molecule has 0 aliphatic rings. The van der Waals surface area contributed by atoms with Crippen LogP contribution in [0.2, 0.25) is 0 Å². The van der Waals surface area contributed by atoms with Crippen LogP contribution < -0.4 is 5.32 Å². The number of rotatable bonds is 5. The fraction of sp³-hybridized carbons (Fsp3) is 0.900. The molecule has 0 bridgehead atoms. The first-order valence-electron chi connectivity index (χ1n) is 5.04. The summed E-state index contributed by atoms with van der Waals surface area (Å²) in [5.41, 5.74) is -0.482. The van der Waals surface area contributed by atoms with Gasteiger partial charge in [0.1, 0.15) is 5.60 Å². The molecule has 0 radical (unpaired) electrons. The van der Waals surface area contributed by atoms with Crippen LogP contribution in [0.1, 0.15) is 27.7 Å². The lowest BCUT2D eigenvalue weighted by atomic mass is 10.2. The van der Waals surface area contributed by atoms with Crippen molar-refractivity contribution in [2.45, 2.75) is 39.4 Å². The van der Waals surface area contributed by atoms with Gasteiger partial charge in [0.2, 0.25) is 0 Å². The van der Waals surface area contributed by atoms with E-state index in [9.17, 15) is 4.79 Å². The van der Waals surface area contributed by atoms with Crippen molar-refractivity contribution in [2.24, 2.45) is 0 Å². The maximum Gasteiger partial charge on any atom is 0.407 e. The zero-order chi connectivity index (χ0) is 11.9. The van der Waals surface area contributed by atoms with Gasteiger partial charge in [-0.2, -0.15) is 0 Å². The van der Waals surface area contributed by atoms with Gasteiger partial charge in [0.25, 0.3) is 0 Å². The largest absolute Gasteiger partial charge is 0.444 e. The van der Waals surface area contributed by atoms with E-state index in [-0.39, 0.29) is 6.61 Å². The van der Waals surface area contributed by atoms with Crippen LogP contribution >= 0.6 is 0 Å². The van der Waals surface area contributed by atoms with Gasteiger partial charge in [0, 0.05) is 6.54 Å². The summed E-state index contributed by atoms with van der Waals surface area (Å²) in [7, 11) is 0. The molecule has 5 heteroatoms. The first-order valence-corrected chi connectivity index (χ1v) is 5.04. The van der Waals surface area contributed by atoms with Crippen LogP contribution in [0.3, 0.4) is 0 Å². The van der Waals surface area contributed by atoms with E-state index in [2.05, 4.69) is 5.32 Å². The van der Waals surface area contributed by atoms with Crippen molar-refractivity contribution in [2.75, 3.05) is 19.8 Å². The highest BCUT2D eigenvalue weighted by atomic mass is 16.6. The number of ether oxygens (including phenoxy) is 2. The van der Waals surface area contributed by atoms with Gasteiger partial charge < -0.3 is 19.9 Å². The highest BCUT2D eigenvalue weighted by Crippen LogP contribution is 2.05. The predicted molar refractivity (Wildman–Crippen MR) is 56.7 cm³/mol. The average molecular weight is 219 g/mol. The molecule has 1 atom stereocenters. The number of carbonyl (C=O) groups is 1. The Labute approximate surface area is 90.8 Å². The van der Waals surface area contributed by atoms with Gasteiger partial charge >= 0.3 is 6.09 Å². The molecule has 0 heterocycles. The summed E-state index contributed by atoms with van der Waals surface area (Å²) in [5, 5.41) is 11.4. The van der Waals surface area contributed by atoms with Crippen molar-refractivity contribution in [3.05, 3.63) is 0 Å². The molecule has 0 aliphatic heterocycles. The van der Waals surface area contributed by atoms with Gasteiger partial charge in [-0.1, -0.05) is 0 Å². The van der Waals surface area contributed by atoms with Crippen molar-refractivity contribution in [1.29, 1.82) is 0 Å². The highest BCUT2D eigenvalue weighted by Gasteiger charge is 2.15. The molecular formula is C10H21NO4. The van der Waals surface area contributed by atoms with E-state index in [0.29, 0.717) is 13.2 Å². The summed E-state index contributed by atoms with van der Waals surface area (Å²) in [6.07, 6.45) is -0.935. The molecule has 0 aromatic heterocycles. The number of carbonyl (C=O) groups excluding carboxylic acids is 1. The van der Waals surface area contributed by atoms with Crippen molar-refractivity contribution in [1.82, 2.24) is 5.32 Å². The van der Waals surface area contributed by atoms with Gasteiger partial charge in [-0.15, -0.1) is 0 Å². The summed E-state index contributed by atoms with van der Waals surface area (Å²) in [4.78, 5) is 11.1. The zero-order valence-electron chi connectivity index (χ0n) is 9.87. The van der Waals surface area contributed by atoms with Crippen LogP contribution in [0.15, 0.2) is 0 Å². The van der Waals surface area contributed by atoms with E-state index in [1.807, 2.05) is 0 Å². The first-order chi connectivity index (χ1) is 6.81. The molecule has 0 saturated heterocycles. The van der Waals surface area contributed by atoms with E-state index in [0.717, 1.165) is 0 Å². The third-order valence-corrected chi connectivity index (χ3v) is 1.27. The van der Waals surface area contributed by atoms with Crippen LogP contribution in [-0.2, 0) is 9.47 Å². The van der Waals surface area contributed by atoms with Gasteiger partial charge in [0.05, 0.1) is 19.3 Å². The third kappa shape index (κ3) is 11.1. The Morgan fingerprint density at radius 3 is 2.53 bits per heavy atom. The second-order valence-corrected chi connectivity index (χ2v) is 4.35.